The molecule has 158 valence electrons. The maximum absolute atomic E-state index is 13.4. The van der Waals surface area contributed by atoms with Crippen LogP contribution in [0.25, 0.3) is 22.8 Å². The third-order valence-corrected chi connectivity index (χ3v) is 6.01. The molecule has 2 aromatic carbocycles. The van der Waals surface area contributed by atoms with Crippen molar-refractivity contribution in [3.05, 3.63) is 66.3 Å². The molecular weight excluding hydrogens is 417 g/mol. The van der Waals surface area contributed by atoms with Crippen molar-refractivity contribution in [1.82, 2.24) is 24.9 Å². The third-order valence-electron chi connectivity index (χ3n) is 5.05. The lowest BCUT2D eigenvalue weighted by molar-refractivity contribution is 0.0953. The number of hydrogen-bond acceptors (Lipinski definition) is 7. The number of hydrogen-bond donors (Lipinski definition) is 0. The summed E-state index contributed by atoms with van der Waals surface area (Å²) in [6, 6.07) is 16.0. The van der Waals surface area contributed by atoms with Gasteiger partial charge in [0.1, 0.15) is 5.82 Å². The van der Waals surface area contributed by atoms with Crippen LogP contribution in [0.1, 0.15) is 18.7 Å². The van der Waals surface area contributed by atoms with Gasteiger partial charge in [-0.1, -0.05) is 47.3 Å². The summed E-state index contributed by atoms with van der Waals surface area (Å²) >= 11 is 1.47. The van der Waals surface area contributed by atoms with Crippen LogP contribution in [-0.4, -0.2) is 37.6 Å². The largest absolute Gasteiger partial charge is 0.376 e. The summed E-state index contributed by atoms with van der Waals surface area (Å²) in [6.45, 7) is 1.41. The summed E-state index contributed by atoms with van der Waals surface area (Å²) in [7, 11) is 0. The monoisotopic (exact) mass is 437 g/mol. The molecule has 3 heterocycles. The quantitative estimate of drug-likeness (QED) is 0.391. The van der Waals surface area contributed by atoms with E-state index in [0.717, 1.165) is 35.7 Å². The van der Waals surface area contributed by atoms with E-state index < -0.39 is 0 Å². The fourth-order valence-electron chi connectivity index (χ4n) is 3.51. The molecule has 0 spiro atoms. The molecule has 2 aromatic heterocycles. The van der Waals surface area contributed by atoms with Crippen LogP contribution in [0.2, 0.25) is 0 Å². The van der Waals surface area contributed by atoms with Crippen molar-refractivity contribution in [1.29, 1.82) is 0 Å². The molecule has 1 unspecified atom stereocenters. The van der Waals surface area contributed by atoms with E-state index in [-0.39, 0.29) is 11.9 Å². The number of nitrogens with zero attached hydrogens (tertiary/aromatic N) is 5. The number of aromatic nitrogens is 5. The third kappa shape index (κ3) is 4.52. The van der Waals surface area contributed by atoms with Gasteiger partial charge in [0.15, 0.2) is 11.0 Å². The molecule has 1 aliphatic heterocycles. The van der Waals surface area contributed by atoms with Gasteiger partial charge in [-0.15, -0.1) is 10.2 Å². The predicted molar refractivity (Wildman–Crippen MR) is 114 cm³/mol. The molecule has 0 radical (unpaired) electrons. The number of thioether (sulfide) groups is 1. The Bertz CT molecular complexity index is 1140. The van der Waals surface area contributed by atoms with Gasteiger partial charge in [0.2, 0.25) is 11.7 Å². The summed E-state index contributed by atoms with van der Waals surface area (Å²) in [5.74, 6) is 1.94. The van der Waals surface area contributed by atoms with Crippen molar-refractivity contribution >= 4 is 11.8 Å². The molecular formula is C22H20FN5O2S. The average Bonchev–Trinajstić information content (AvgIpc) is 3.56. The molecule has 0 amide bonds. The highest BCUT2D eigenvalue weighted by Crippen LogP contribution is 2.28. The Labute approximate surface area is 182 Å². The molecule has 0 aliphatic carbocycles. The second kappa shape index (κ2) is 8.99. The molecule has 1 fully saturated rings. The van der Waals surface area contributed by atoms with E-state index >= 15 is 0 Å². The molecule has 9 heteroatoms. The lowest BCUT2D eigenvalue weighted by Crippen LogP contribution is -2.16. The summed E-state index contributed by atoms with van der Waals surface area (Å²) in [5, 5.41) is 13.5. The van der Waals surface area contributed by atoms with Crippen LogP contribution in [0.5, 0.6) is 0 Å². The van der Waals surface area contributed by atoms with Crippen molar-refractivity contribution in [2.24, 2.45) is 0 Å². The van der Waals surface area contributed by atoms with Crippen LogP contribution in [-0.2, 0) is 17.0 Å². The zero-order valence-electron chi connectivity index (χ0n) is 16.6. The smallest absolute Gasteiger partial charge is 0.237 e. The predicted octanol–water partition coefficient (Wildman–Crippen LogP) is 4.61. The van der Waals surface area contributed by atoms with E-state index in [1.54, 1.807) is 12.1 Å². The van der Waals surface area contributed by atoms with E-state index in [1.165, 1.54) is 23.9 Å². The summed E-state index contributed by atoms with van der Waals surface area (Å²) in [6.07, 6.45) is 2.16. The van der Waals surface area contributed by atoms with E-state index in [0.29, 0.717) is 29.8 Å². The van der Waals surface area contributed by atoms with Gasteiger partial charge in [0, 0.05) is 17.7 Å². The zero-order valence-corrected chi connectivity index (χ0v) is 17.5. The van der Waals surface area contributed by atoms with Crippen molar-refractivity contribution in [2.75, 3.05) is 6.61 Å². The molecule has 31 heavy (non-hydrogen) atoms. The summed E-state index contributed by atoms with van der Waals surface area (Å²) in [5.41, 5.74) is 1.71. The number of halogens is 1. The van der Waals surface area contributed by atoms with Gasteiger partial charge >= 0.3 is 0 Å². The Morgan fingerprint density at radius 1 is 1.03 bits per heavy atom. The fraction of sp³-hybridized carbons (Fsp3) is 0.273. The average molecular weight is 438 g/mol. The van der Waals surface area contributed by atoms with Gasteiger partial charge in [0.25, 0.3) is 0 Å². The second-order valence-electron chi connectivity index (χ2n) is 7.23. The molecule has 0 N–H and O–H groups in total. The first kappa shape index (κ1) is 19.9. The minimum absolute atomic E-state index is 0.114. The van der Waals surface area contributed by atoms with Gasteiger partial charge in [-0.05, 0) is 37.1 Å². The Balaban J connectivity index is 1.37. The van der Waals surface area contributed by atoms with Crippen molar-refractivity contribution in [2.45, 2.75) is 36.4 Å². The Hall–Kier alpha value is -3.04. The number of ether oxygens (including phenoxy) is 1. The van der Waals surface area contributed by atoms with Crippen LogP contribution >= 0.6 is 11.8 Å². The molecule has 7 nitrogen and oxygen atoms in total. The van der Waals surface area contributed by atoms with Gasteiger partial charge in [-0.2, -0.15) is 4.98 Å². The Kier molecular flexibility index (Phi) is 5.77. The molecule has 1 saturated heterocycles. The SMILES string of the molecule is Fc1ccc(-c2nnc(SCc3nc(-c4ccccc4)no3)n2CC2CCCO2)cc1. The normalized spacial score (nSPS) is 16.1. The minimum Gasteiger partial charge on any atom is -0.376 e. The van der Waals surface area contributed by atoms with E-state index in [1.807, 2.05) is 34.9 Å². The molecule has 0 saturated carbocycles. The van der Waals surface area contributed by atoms with Crippen LogP contribution in [0.4, 0.5) is 4.39 Å². The van der Waals surface area contributed by atoms with Crippen molar-refractivity contribution < 1.29 is 13.7 Å². The van der Waals surface area contributed by atoms with Crippen LogP contribution < -0.4 is 0 Å². The summed E-state index contributed by atoms with van der Waals surface area (Å²) in [4.78, 5) is 4.48. The van der Waals surface area contributed by atoms with Crippen LogP contribution in [0.3, 0.4) is 0 Å². The lowest BCUT2D eigenvalue weighted by Gasteiger charge is -2.14. The lowest BCUT2D eigenvalue weighted by atomic mass is 10.2. The van der Waals surface area contributed by atoms with E-state index in [2.05, 4.69) is 20.3 Å². The molecule has 4 aromatic rings. The van der Waals surface area contributed by atoms with Gasteiger partial charge in [-0.25, -0.2) is 4.39 Å². The van der Waals surface area contributed by atoms with Crippen LogP contribution in [0.15, 0.2) is 64.3 Å². The van der Waals surface area contributed by atoms with Crippen molar-refractivity contribution in [3.8, 4) is 22.8 Å². The minimum atomic E-state index is -0.283. The first-order valence-corrected chi connectivity index (χ1v) is 11.1. The Morgan fingerprint density at radius 3 is 2.65 bits per heavy atom. The van der Waals surface area contributed by atoms with Crippen molar-refractivity contribution in [3.63, 3.8) is 0 Å². The number of rotatable bonds is 7. The summed E-state index contributed by atoms with van der Waals surface area (Å²) < 4.78 is 26.6. The number of benzene rings is 2. The zero-order chi connectivity index (χ0) is 21.0. The highest BCUT2D eigenvalue weighted by atomic mass is 32.2. The Morgan fingerprint density at radius 2 is 1.87 bits per heavy atom. The van der Waals surface area contributed by atoms with Gasteiger partial charge in [0.05, 0.1) is 18.4 Å². The molecule has 5 rings (SSSR count). The molecule has 0 bridgehead atoms. The highest BCUT2D eigenvalue weighted by molar-refractivity contribution is 7.98. The highest BCUT2D eigenvalue weighted by Gasteiger charge is 2.22. The maximum Gasteiger partial charge on any atom is 0.237 e. The van der Waals surface area contributed by atoms with Gasteiger partial charge < -0.3 is 9.26 Å². The van der Waals surface area contributed by atoms with Gasteiger partial charge in [-0.3, -0.25) is 4.57 Å². The second-order valence-corrected chi connectivity index (χ2v) is 8.17. The van der Waals surface area contributed by atoms with E-state index in [9.17, 15) is 4.39 Å². The first-order valence-electron chi connectivity index (χ1n) is 10.1. The van der Waals surface area contributed by atoms with Crippen LogP contribution in [0, 0.1) is 5.82 Å². The first-order chi connectivity index (χ1) is 15.3. The maximum atomic E-state index is 13.4. The van der Waals surface area contributed by atoms with E-state index in [4.69, 9.17) is 9.26 Å². The topological polar surface area (TPSA) is 78.9 Å². The molecule has 1 aliphatic rings. The standard InChI is InChI=1S/C22H20FN5O2S/c23-17-10-8-16(9-11-17)21-25-26-22(28(21)13-18-7-4-12-29-18)31-14-19-24-20(27-30-19)15-5-2-1-3-6-15/h1-3,5-6,8-11,18H,4,7,12-14H2. The fourth-order valence-corrected chi connectivity index (χ4v) is 4.29. The molecule has 1 atom stereocenters.